The first-order valence-corrected chi connectivity index (χ1v) is 10.5. The number of imidazole rings is 1. The van der Waals surface area contributed by atoms with Crippen LogP contribution in [0.25, 0.3) is 11.2 Å². The van der Waals surface area contributed by atoms with Crippen LogP contribution >= 0.6 is 0 Å². The fourth-order valence-corrected chi connectivity index (χ4v) is 4.43. The number of hydrogen-bond acceptors (Lipinski definition) is 4. The van der Waals surface area contributed by atoms with Crippen molar-refractivity contribution in [3.63, 3.8) is 0 Å². The third-order valence-electron chi connectivity index (χ3n) is 6.46. The van der Waals surface area contributed by atoms with Crippen LogP contribution in [0.3, 0.4) is 0 Å². The van der Waals surface area contributed by atoms with Gasteiger partial charge in [-0.15, -0.1) is 0 Å². The van der Waals surface area contributed by atoms with Crippen molar-refractivity contribution in [3.8, 4) is 0 Å². The van der Waals surface area contributed by atoms with Crippen molar-refractivity contribution in [2.24, 2.45) is 7.05 Å². The van der Waals surface area contributed by atoms with E-state index < -0.39 is 0 Å². The Labute approximate surface area is 179 Å². The third-order valence-corrected chi connectivity index (χ3v) is 6.46. The molecule has 1 aliphatic heterocycles. The summed E-state index contributed by atoms with van der Waals surface area (Å²) in [6, 6.07) is 14.0. The van der Waals surface area contributed by atoms with E-state index in [9.17, 15) is 9.59 Å². The first-order valence-electron chi connectivity index (χ1n) is 10.5. The van der Waals surface area contributed by atoms with Gasteiger partial charge in [0.15, 0.2) is 11.2 Å². The largest absolute Gasteiger partial charge is 0.332 e. The summed E-state index contributed by atoms with van der Waals surface area (Å²) in [6.45, 7) is 7.81. The lowest BCUT2D eigenvalue weighted by Gasteiger charge is -2.19. The maximum Gasteiger partial charge on any atom is 0.332 e. The maximum atomic E-state index is 13.5. The molecule has 0 spiro atoms. The van der Waals surface area contributed by atoms with Gasteiger partial charge >= 0.3 is 5.69 Å². The Morgan fingerprint density at radius 2 is 1.68 bits per heavy atom. The molecule has 4 aromatic rings. The lowest BCUT2D eigenvalue weighted by molar-refractivity contribution is 0.650. The van der Waals surface area contributed by atoms with Gasteiger partial charge in [-0.25, -0.2) is 4.79 Å². The lowest BCUT2D eigenvalue weighted by atomic mass is 10.1. The molecule has 2 aromatic heterocycles. The summed E-state index contributed by atoms with van der Waals surface area (Å²) in [6.07, 6.45) is 0. The Hall–Kier alpha value is -3.61. The zero-order valence-electron chi connectivity index (χ0n) is 18.2. The Bertz CT molecular complexity index is 1460. The molecule has 3 heterocycles. The van der Waals surface area contributed by atoms with E-state index in [4.69, 9.17) is 4.98 Å². The van der Waals surface area contributed by atoms with Gasteiger partial charge in [0.1, 0.15) is 0 Å². The molecule has 0 N–H and O–H groups in total. The van der Waals surface area contributed by atoms with Crippen LogP contribution in [0.4, 0.5) is 11.6 Å². The number of nitrogens with zero attached hydrogens (tertiary/aromatic N) is 5. The molecule has 5 rings (SSSR count). The molecule has 0 radical (unpaired) electrons. The Morgan fingerprint density at radius 3 is 2.45 bits per heavy atom. The molecule has 0 atom stereocenters. The Balaban J connectivity index is 1.71. The van der Waals surface area contributed by atoms with Crippen LogP contribution in [-0.2, 0) is 20.1 Å². The van der Waals surface area contributed by atoms with Gasteiger partial charge in [-0.2, -0.15) is 4.98 Å². The third kappa shape index (κ3) is 2.84. The van der Waals surface area contributed by atoms with Crippen LogP contribution in [0.5, 0.6) is 0 Å². The van der Waals surface area contributed by atoms with Crippen LogP contribution in [-0.4, -0.2) is 25.2 Å². The van der Waals surface area contributed by atoms with Crippen LogP contribution in [0.1, 0.15) is 22.3 Å². The fraction of sp³-hybridized carbons (Fsp3) is 0.292. The smallest absolute Gasteiger partial charge is 0.310 e. The van der Waals surface area contributed by atoms with E-state index in [1.807, 2.05) is 41.8 Å². The lowest BCUT2D eigenvalue weighted by Crippen LogP contribution is -2.40. The summed E-state index contributed by atoms with van der Waals surface area (Å²) in [4.78, 5) is 33.4. The highest BCUT2D eigenvalue weighted by Gasteiger charge is 2.29. The molecule has 0 saturated heterocycles. The Kier molecular flexibility index (Phi) is 4.36. The van der Waals surface area contributed by atoms with E-state index in [0.29, 0.717) is 23.7 Å². The number of aryl methyl sites for hydroxylation is 3. The van der Waals surface area contributed by atoms with E-state index >= 15 is 0 Å². The second-order valence-electron chi connectivity index (χ2n) is 8.27. The second-order valence-corrected chi connectivity index (χ2v) is 8.27. The maximum absolute atomic E-state index is 13.5. The number of aromatic nitrogens is 4. The van der Waals surface area contributed by atoms with Crippen LogP contribution in [0.15, 0.2) is 52.1 Å². The molecule has 0 bridgehead atoms. The van der Waals surface area contributed by atoms with Crippen LogP contribution < -0.4 is 16.1 Å². The average Bonchev–Trinajstić information content (AvgIpc) is 3.32. The van der Waals surface area contributed by atoms with E-state index in [1.54, 1.807) is 7.05 Å². The highest BCUT2D eigenvalue weighted by atomic mass is 16.2. The standard InChI is InChI=1S/C24H25N5O2/c1-15-9-7-11-19(17(15)3)27-12-13-28-20-21(25-23(27)28)26(4)24(31)29(22(20)30)14-18-10-6-5-8-16(18)2/h5-11H,12-14H2,1-4H3. The first kappa shape index (κ1) is 19.4. The van der Waals surface area contributed by atoms with E-state index in [2.05, 4.69) is 30.9 Å². The SMILES string of the molecule is Cc1ccccc1Cn1c(=O)c2c(nc3n2CCN3c2cccc(C)c2C)n(C)c1=O. The van der Waals surface area contributed by atoms with E-state index in [0.717, 1.165) is 23.4 Å². The molecule has 0 fully saturated rings. The van der Waals surface area contributed by atoms with E-state index in [1.165, 1.54) is 20.3 Å². The van der Waals surface area contributed by atoms with Gasteiger partial charge in [-0.05, 0) is 49.1 Å². The van der Waals surface area contributed by atoms with Crippen molar-refractivity contribution in [2.75, 3.05) is 11.4 Å². The van der Waals surface area contributed by atoms with Crippen LogP contribution in [0.2, 0.25) is 0 Å². The van der Waals surface area contributed by atoms with Gasteiger partial charge in [0, 0.05) is 25.8 Å². The Morgan fingerprint density at radius 1 is 0.935 bits per heavy atom. The molecule has 0 saturated carbocycles. The summed E-state index contributed by atoms with van der Waals surface area (Å²) in [5.41, 5.74) is 5.77. The molecule has 7 heteroatoms. The second kappa shape index (κ2) is 6.97. The number of rotatable bonds is 3. The summed E-state index contributed by atoms with van der Waals surface area (Å²) >= 11 is 0. The molecule has 0 aliphatic carbocycles. The number of benzene rings is 2. The normalized spacial score (nSPS) is 13.2. The zero-order chi connectivity index (χ0) is 21.9. The predicted molar refractivity (Wildman–Crippen MR) is 122 cm³/mol. The highest BCUT2D eigenvalue weighted by molar-refractivity contribution is 5.78. The molecule has 0 amide bonds. The molecule has 0 unspecified atom stereocenters. The van der Waals surface area contributed by atoms with Crippen molar-refractivity contribution in [3.05, 3.63) is 85.6 Å². The van der Waals surface area contributed by atoms with Crippen molar-refractivity contribution >= 4 is 22.8 Å². The first-order chi connectivity index (χ1) is 14.9. The van der Waals surface area contributed by atoms with E-state index in [-0.39, 0.29) is 17.8 Å². The molecular formula is C24H25N5O2. The van der Waals surface area contributed by atoms with Crippen molar-refractivity contribution in [1.82, 2.24) is 18.7 Å². The van der Waals surface area contributed by atoms with Gasteiger partial charge < -0.3 is 9.47 Å². The van der Waals surface area contributed by atoms with Crippen molar-refractivity contribution in [1.29, 1.82) is 0 Å². The van der Waals surface area contributed by atoms with Crippen molar-refractivity contribution in [2.45, 2.75) is 33.9 Å². The quantitative estimate of drug-likeness (QED) is 0.516. The number of hydrogen-bond donors (Lipinski definition) is 0. The summed E-state index contributed by atoms with van der Waals surface area (Å²) in [5.74, 6) is 0.712. The van der Waals surface area contributed by atoms with Gasteiger partial charge in [-0.1, -0.05) is 36.4 Å². The zero-order valence-corrected chi connectivity index (χ0v) is 18.2. The number of fused-ring (bicyclic) bond motifs is 3. The average molecular weight is 415 g/mol. The number of anilines is 2. The minimum absolute atomic E-state index is 0.245. The molecular weight excluding hydrogens is 390 g/mol. The highest BCUT2D eigenvalue weighted by Crippen LogP contribution is 2.34. The van der Waals surface area contributed by atoms with Gasteiger partial charge in [0.25, 0.3) is 5.56 Å². The van der Waals surface area contributed by atoms with Gasteiger partial charge in [0.2, 0.25) is 5.95 Å². The topological polar surface area (TPSA) is 65.1 Å². The van der Waals surface area contributed by atoms with Gasteiger partial charge in [0.05, 0.1) is 6.54 Å². The minimum Gasteiger partial charge on any atom is -0.310 e. The molecule has 1 aliphatic rings. The summed E-state index contributed by atoms with van der Waals surface area (Å²) < 4.78 is 4.76. The molecule has 7 nitrogen and oxygen atoms in total. The van der Waals surface area contributed by atoms with Gasteiger partial charge in [-0.3, -0.25) is 13.9 Å². The molecule has 158 valence electrons. The minimum atomic E-state index is -0.351. The fourth-order valence-electron chi connectivity index (χ4n) is 4.43. The molecule has 31 heavy (non-hydrogen) atoms. The summed E-state index contributed by atoms with van der Waals surface area (Å²) in [7, 11) is 1.68. The molecule has 2 aromatic carbocycles. The van der Waals surface area contributed by atoms with Crippen molar-refractivity contribution < 1.29 is 0 Å². The predicted octanol–water partition coefficient (Wildman–Crippen LogP) is 3.02. The monoisotopic (exact) mass is 415 g/mol. The van der Waals surface area contributed by atoms with Crippen LogP contribution in [0, 0.1) is 20.8 Å². The summed E-state index contributed by atoms with van der Waals surface area (Å²) in [5, 5.41) is 0.